The molecule has 1 aromatic carbocycles. The summed E-state index contributed by atoms with van der Waals surface area (Å²) in [6, 6.07) is 13.4. The summed E-state index contributed by atoms with van der Waals surface area (Å²) in [6.07, 6.45) is 7.10. The van der Waals surface area contributed by atoms with Gasteiger partial charge in [-0.15, -0.1) is 24.8 Å². The summed E-state index contributed by atoms with van der Waals surface area (Å²) in [7, 11) is 0. The van der Waals surface area contributed by atoms with Crippen molar-refractivity contribution in [2.24, 2.45) is 23.5 Å². The maximum Gasteiger partial charge on any atom is 0.223 e. The number of benzene rings is 1. The first-order chi connectivity index (χ1) is 13.1. The standard InChI is InChI=1S/C22H26ClN3O.2ClH/c23-18-8-4-7-16(13-18)21(19-9-1-2-10-25-19)26-22(27)17-11-14-5-3-6-15(12-17)20(14)24;;/h1-2,4,7-10,13-15,17,20-21H,3,5-6,11-12,24H2,(H,26,27);2*1H. The number of nitrogens with one attached hydrogen (secondary N) is 1. The van der Waals surface area contributed by atoms with Gasteiger partial charge < -0.3 is 11.1 Å². The predicted octanol–water partition coefficient (Wildman–Crippen LogP) is 4.94. The topological polar surface area (TPSA) is 68.0 Å². The van der Waals surface area contributed by atoms with Crippen LogP contribution in [0.5, 0.6) is 0 Å². The molecule has 0 radical (unpaired) electrons. The van der Waals surface area contributed by atoms with Crippen molar-refractivity contribution < 1.29 is 4.79 Å². The summed E-state index contributed by atoms with van der Waals surface area (Å²) >= 11 is 6.20. The maximum absolute atomic E-state index is 13.2. The van der Waals surface area contributed by atoms with E-state index < -0.39 is 0 Å². The highest BCUT2D eigenvalue weighted by Gasteiger charge is 2.41. The number of rotatable bonds is 4. The number of nitrogens with two attached hydrogens (primary N) is 1. The molecule has 0 aliphatic heterocycles. The molecular weight excluding hydrogens is 429 g/mol. The van der Waals surface area contributed by atoms with Gasteiger partial charge in [-0.05, 0) is 67.3 Å². The van der Waals surface area contributed by atoms with Gasteiger partial charge in [0.2, 0.25) is 5.91 Å². The molecule has 29 heavy (non-hydrogen) atoms. The van der Waals surface area contributed by atoms with E-state index in [-0.39, 0.29) is 48.7 Å². The molecule has 2 saturated carbocycles. The molecule has 0 saturated heterocycles. The lowest BCUT2D eigenvalue weighted by atomic mass is 9.65. The normalized spacial score (nSPS) is 26.4. The number of nitrogens with zero attached hydrogens (tertiary/aromatic N) is 1. The van der Waals surface area contributed by atoms with Crippen LogP contribution in [0.25, 0.3) is 0 Å². The minimum absolute atomic E-state index is 0. The monoisotopic (exact) mass is 455 g/mol. The van der Waals surface area contributed by atoms with Gasteiger partial charge in [0, 0.05) is 23.2 Å². The molecule has 3 unspecified atom stereocenters. The number of fused-ring (bicyclic) bond motifs is 2. The number of pyridine rings is 1. The molecule has 2 aliphatic carbocycles. The minimum Gasteiger partial charge on any atom is -0.343 e. The summed E-state index contributed by atoms with van der Waals surface area (Å²) in [4.78, 5) is 17.6. The van der Waals surface area contributed by atoms with Crippen LogP contribution in [0.15, 0.2) is 48.7 Å². The summed E-state index contributed by atoms with van der Waals surface area (Å²) in [5.41, 5.74) is 8.16. The predicted molar refractivity (Wildman–Crippen MR) is 122 cm³/mol. The van der Waals surface area contributed by atoms with Crippen molar-refractivity contribution in [2.45, 2.75) is 44.2 Å². The van der Waals surface area contributed by atoms with Gasteiger partial charge in [-0.3, -0.25) is 9.78 Å². The highest BCUT2D eigenvalue weighted by molar-refractivity contribution is 6.30. The van der Waals surface area contributed by atoms with E-state index in [0.717, 1.165) is 36.9 Å². The Morgan fingerprint density at radius 1 is 1.10 bits per heavy atom. The van der Waals surface area contributed by atoms with Crippen LogP contribution in [0.2, 0.25) is 5.02 Å². The third kappa shape index (κ3) is 5.43. The Kier molecular flexibility index (Phi) is 8.77. The molecule has 2 bridgehead atoms. The van der Waals surface area contributed by atoms with Gasteiger partial charge >= 0.3 is 0 Å². The van der Waals surface area contributed by atoms with E-state index in [1.165, 1.54) is 6.42 Å². The smallest absolute Gasteiger partial charge is 0.223 e. The average Bonchev–Trinajstić information content (AvgIpc) is 2.66. The number of carbonyl (C=O) groups excluding carboxylic acids is 1. The molecule has 1 aromatic heterocycles. The molecule has 0 spiro atoms. The zero-order valence-corrected chi connectivity index (χ0v) is 18.6. The molecule has 1 heterocycles. The van der Waals surface area contributed by atoms with Crippen LogP contribution in [-0.2, 0) is 4.79 Å². The number of amides is 1. The fourth-order valence-electron chi connectivity index (χ4n) is 4.82. The fraction of sp³-hybridized carbons (Fsp3) is 0.455. The maximum atomic E-state index is 13.2. The quantitative estimate of drug-likeness (QED) is 0.685. The third-order valence-corrected chi connectivity index (χ3v) is 6.47. The van der Waals surface area contributed by atoms with E-state index in [2.05, 4.69) is 10.3 Å². The lowest BCUT2D eigenvalue weighted by Crippen LogP contribution is -2.49. The highest BCUT2D eigenvalue weighted by Crippen LogP contribution is 2.42. The zero-order chi connectivity index (χ0) is 18.8. The Balaban J connectivity index is 0.00000150. The van der Waals surface area contributed by atoms with Gasteiger partial charge in [-0.25, -0.2) is 0 Å². The second-order valence-electron chi connectivity index (χ2n) is 7.95. The Morgan fingerprint density at radius 2 is 1.83 bits per heavy atom. The molecule has 158 valence electrons. The van der Waals surface area contributed by atoms with Crippen molar-refractivity contribution >= 4 is 42.3 Å². The summed E-state index contributed by atoms with van der Waals surface area (Å²) in [6.45, 7) is 0. The first-order valence-corrected chi connectivity index (χ1v) is 10.2. The molecule has 2 aromatic rings. The Morgan fingerprint density at radius 3 is 2.45 bits per heavy atom. The van der Waals surface area contributed by atoms with E-state index in [1.54, 1.807) is 6.20 Å². The largest absolute Gasteiger partial charge is 0.343 e. The van der Waals surface area contributed by atoms with E-state index in [4.69, 9.17) is 17.3 Å². The lowest BCUT2D eigenvalue weighted by molar-refractivity contribution is -0.128. The van der Waals surface area contributed by atoms with Crippen molar-refractivity contribution in [3.8, 4) is 0 Å². The van der Waals surface area contributed by atoms with Crippen LogP contribution in [0, 0.1) is 17.8 Å². The van der Waals surface area contributed by atoms with Crippen molar-refractivity contribution in [1.29, 1.82) is 0 Å². The number of hydrogen-bond donors (Lipinski definition) is 2. The van der Waals surface area contributed by atoms with Crippen LogP contribution in [0.3, 0.4) is 0 Å². The third-order valence-electron chi connectivity index (χ3n) is 6.24. The lowest BCUT2D eigenvalue weighted by Gasteiger charge is -2.43. The van der Waals surface area contributed by atoms with E-state index in [9.17, 15) is 4.79 Å². The van der Waals surface area contributed by atoms with Crippen LogP contribution >= 0.6 is 36.4 Å². The average molecular weight is 457 g/mol. The first kappa shape index (κ1) is 23.9. The summed E-state index contributed by atoms with van der Waals surface area (Å²) in [5, 5.41) is 3.90. The van der Waals surface area contributed by atoms with Gasteiger partial charge in [-0.1, -0.05) is 36.2 Å². The van der Waals surface area contributed by atoms with E-state index in [1.807, 2.05) is 42.5 Å². The van der Waals surface area contributed by atoms with Gasteiger partial charge in [0.25, 0.3) is 0 Å². The van der Waals surface area contributed by atoms with Crippen LogP contribution in [0.4, 0.5) is 0 Å². The van der Waals surface area contributed by atoms with Gasteiger partial charge in [0.1, 0.15) is 0 Å². The minimum atomic E-state index is -0.298. The molecule has 2 fully saturated rings. The van der Waals surface area contributed by atoms with Crippen molar-refractivity contribution in [1.82, 2.24) is 10.3 Å². The summed E-state index contributed by atoms with van der Waals surface area (Å²) in [5.74, 6) is 1.10. The number of hydrogen-bond acceptors (Lipinski definition) is 3. The molecule has 3 N–H and O–H groups in total. The van der Waals surface area contributed by atoms with E-state index in [0.29, 0.717) is 16.9 Å². The van der Waals surface area contributed by atoms with Gasteiger partial charge in [-0.2, -0.15) is 0 Å². The number of halogens is 3. The SMILES string of the molecule is Cl.Cl.NC1C2CCCC1CC(C(=O)NC(c1cccc(Cl)c1)c1ccccn1)C2. The Labute approximate surface area is 189 Å². The van der Waals surface area contributed by atoms with Crippen LogP contribution < -0.4 is 11.1 Å². The number of carbonyl (C=O) groups is 1. The highest BCUT2D eigenvalue weighted by atomic mass is 35.5. The van der Waals surface area contributed by atoms with Gasteiger partial charge in [0.05, 0.1) is 11.7 Å². The second-order valence-corrected chi connectivity index (χ2v) is 8.38. The van der Waals surface area contributed by atoms with Gasteiger partial charge in [0.15, 0.2) is 0 Å². The van der Waals surface area contributed by atoms with Crippen molar-refractivity contribution in [2.75, 3.05) is 0 Å². The summed E-state index contributed by atoms with van der Waals surface area (Å²) < 4.78 is 0. The molecular formula is C22H28Cl3N3O. The Hall–Kier alpha value is -1.33. The molecule has 4 nitrogen and oxygen atoms in total. The molecule has 1 amide bonds. The fourth-order valence-corrected chi connectivity index (χ4v) is 5.02. The van der Waals surface area contributed by atoms with Crippen LogP contribution in [0.1, 0.15) is 49.4 Å². The molecule has 7 heteroatoms. The van der Waals surface area contributed by atoms with E-state index >= 15 is 0 Å². The molecule has 4 rings (SSSR count). The molecule has 2 aliphatic rings. The van der Waals surface area contributed by atoms with Crippen LogP contribution in [-0.4, -0.2) is 16.9 Å². The second kappa shape index (κ2) is 10.6. The van der Waals surface area contributed by atoms with Crippen molar-refractivity contribution in [3.05, 3.63) is 64.9 Å². The van der Waals surface area contributed by atoms with Crippen molar-refractivity contribution in [3.63, 3.8) is 0 Å². The number of aromatic nitrogens is 1. The zero-order valence-electron chi connectivity index (χ0n) is 16.2. The first-order valence-electron chi connectivity index (χ1n) is 9.84. The Bertz CT molecular complexity index is 791. The molecule has 3 atom stereocenters.